The second-order valence-corrected chi connectivity index (χ2v) is 2.37. The van der Waals surface area contributed by atoms with Crippen molar-refractivity contribution in [2.45, 2.75) is 26.2 Å². The Morgan fingerprint density at radius 3 is 2.07 bits per heavy atom. The van der Waals surface area contributed by atoms with E-state index in [0.29, 0.717) is 6.42 Å². The quantitative estimate of drug-likeness (QED) is 0.526. The molecule has 4 nitrogen and oxygen atoms in total. The second kappa shape index (κ2) is 11.4. The molecular formula is C10H16O4. The lowest BCUT2D eigenvalue weighted by Crippen LogP contribution is -1.90. The van der Waals surface area contributed by atoms with Gasteiger partial charge < -0.3 is 10.2 Å². The van der Waals surface area contributed by atoms with Crippen LogP contribution in [0, 0.1) is 0 Å². The van der Waals surface area contributed by atoms with Crippen LogP contribution in [0.5, 0.6) is 0 Å². The molecule has 0 aliphatic rings. The Labute approximate surface area is 83.6 Å². The van der Waals surface area contributed by atoms with Crippen LogP contribution in [-0.2, 0) is 9.59 Å². The first-order valence-corrected chi connectivity index (χ1v) is 4.26. The van der Waals surface area contributed by atoms with Crippen LogP contribution in [0.2, 0.25) is 0 Å². The Bertz CT molecular complexity index is 206. The molecule has 0 bridgehead atoms. The van der Waals surface area contributed by atoms with Gasteiger partial charge in [-0.05, 0) is 12.8 Å². The highest BCUT2D eigenvalue weighted by atomic mass is 16.4. The fraction of sp³-hybridized carbons (Fsp3) is 0.400. The van der Waals surface area contributed by atoms with Gasteiger partial charge in [-0.15, -0.1) is 6.58 Å². The van der Waals surface area contributed by atoms with Gasteiger partial charge in [-0.2, -0.15) is 0 Å². The van der Waals surface area contributed by atoms with Crippen molar-refractivity contribution in [2.24, 2.45) is 0 Å². The minimum atomic E-state index is -0.873. The van der Waals surface area contributed by atoms with Gasteiger partial charge in [0.1, 0.15) is 0 Å². The zero-order chi connectivity index (χ0) is 11.4. The summed E-state index contributed by atoms with van der Waals surface area (Å²) in [6.07, 6.45) is 5.88. The summed E-state index contributed by atoms with van der Waals surface area (Å²) in [4.78, 5) is 19.4. The molecule has 0 fully saturated rings. The highest BCUT2D eigenvalue weighted by molar-refractivity contribution is 5.79. The third-order valence-electron chi connectivity index (χ3n) is 1.06. The van der Waals surface area contributed by atoms with E-state index < -0.39 is 11.9 Å². The van der Waals surface area contributed by atoms with Gasteiger partial charge in [-0.1, -0.05) is 19.1 Å². The summed E-state index contributed by atoms with van der Waals surface area (Å²) in [5.74, 6) is -1.64. The summed E-state index contributed by atoms with van der Waals surface area (Å²) < 4.78 is 0. The third kappa shape index (κ3) is 22.4. The minimum Gasteiger partial charge on any atom is -0.481 e. The van der Waals surface area contributed by atoms with Crippen LogP contribution in [0.25, 0.3) is 0 Å². The lowest BCUT2D eigenvalue weighted by atomic mass is 10.3. The number of rotatable bonds is 5. The van der Waals surface area contributed by atoms with E-state index in [9.17, 15) is 9.59 Å². The van der Waals surface area contributed by atoms with Crippen LogP contribution in [0.15, 0.2) is 24.8 Å². The highest BCUT2D eigenvalue weighted by Crippen LogP contribution is 1.86. The third-order valence-corrected chi connectivity index (χ3v) is 1.06. The van der Waals surface area contributed by atoms with Crippen molar-refractivity contribution in [1.29, 1.82) is 0 Å². The second-order valence-electron chi connectivity index (χ2n) is 2.37. The molecule has 80 valence electrons. The standard InChI is InChI=1S/2C5H8O2/c2*1-2-3-4-5(6)7/h3-4H,2H2,1H3,(H,6,7);2H,1,3-4H2,(H,6,7). The number of carboxylic acids is 2. The van der Waals surface area contributed by atoms with Crippen molar-refractivity contribution in [3.8, 4) is 0 Å². The number of allylic oxidation sites excluding steroid dienone is 2. The largest absolute Gasteiger partial charge is 0.481 e. The Kier molecular flexibility index (Phi) is 12.2. The van der Waals surface area contributed by atoms with Gasteiger partial charge in [0, 0.05) is 12.5 Å². The smallest absolute Gasteiger partial charge is 0.327 e. The van der Waals surface area contributed by atoms with Crippen molar-refractivity contribution in [1.82, 2.24) is 0 Å². The molecule has 0 rings (SSSR count). The lowest BCUT2D eigenvalue weighted by Gasteiger charge is -1.82. The zero-order valence-corrected chi connectivity index (χ0v) is 8.27. The molecule has 0 atom stereocenters. The van der Waals surface area contributed by atoms with Crippen LogP contribution in [0.3, 0.4) is 0 Å². The first kappa shape index (κ1) is 14.9. The molecule has 0 aromatic rings. The van der Waals surface area contributed by atoms with Crippen LogP contribution in [-0.4, -0.2) is 22.2 Å². The fourth-order valence-electron chi connectivity index (χ4n) is 0.444. The maximum absolute atomic E-state index is 9.71. The molecule has 0 saturated heterocycles. The van der Waals surface area contributed by atoms with Crippen molar-refractivity contribution >= 4 is 11.9 Å². The molecule has 0 aromatic heterocycles. The Morgan fingerprint density at radius 2 is 1.93 bits per heavy atom. The molecule has 0 radical (unpaired) electrons. The van der Waals surface area contributed by atoms with Crippen LogP contribution in [0.4, 0.5) is 0 Å². The molecule has 0 amide bonds. The van der Waals surface area contributed by atoms with Gasteiger partial charge in [-0.3, -0.25) is 4.79 Å². The van der Waals surface area contributed by atoms with Crippen LogP contribution in [0.1, 0.15) is 26.2 Å². The Morgan fingerprint density at radius 1 is 1.36 bits per heavy atom. The van der Waals surface area contributed by atoms with Gasteiger partial charge in [0.25, 0.3) is 0 Å². The zero-order valence-electron chi connectivity index (χ0n) is 8.27. The molecule has 0 heterocycles. The summed E-state index contributed by atoms with van der Waals surface area (Å²) in [5, 5.41) is 16.0. The van der Waals surface area contributed by atoms with Crippen molar-refractivity contribution in [3.63, 3.8) is 0 Å². The Hall–Kier alpha value is -1.58. The molecule has 0 aromatic carbocycles. The molecule has 0 spiro atoms. The fourth-order valence-corrected chi connectivity index (χ4v) is 0.444. The maximum Gasteiger partial charge on any atom is 0.327 e. The number of hydrogen-bond donors (Lipinski definition) is 2. The van der Waals surface area contributed by atoms with E-state index in [2.05, 4.69) is 6.58 Å². The summed E-state index contributed by atoms with van der Waals surface area (Å²) in [6.45, 7) is 5.26. The number of hydrogen-bond acceptors (Lipinski definition) is 2. The molecular weight excluding hydrogens is 184 g/mol. The average Bonchev–Trinajstić information content (AvgIpc) is 2.12. The first-order valence-electron chi connectivity index (χ1n) is 4.26. The predicted molar refractivity (Wildman–Crippen MR) is 54.1 cm³/mol. The topological polar surface area (TPSA) is 74.6 Å². The van der Waals surface area contributed by atoms with Crippen LogP contribution >= 0.6 is 0 Å². The van der Waals surface area contributed by atoms with Gasteiger partial charge in [0.15, 0.2) is 0 Å². The molecule has 0 saturated carbocycles. The van der Waals surface area contributed by atoms with Crippen LogP contribution < -0.4 is 0 Å². The summed E-state index contributed by atoms with van der Waals surface area (Å²) in [5.41, 5.74) is 0. The highest BCUT2D eigenvalue weighted by Gasteiger charge is 1.89. The van der Waals surface area contributed by atoms with E-state index in [4.69, 9.17) is 10.2 Å². The van der Waals surface area contributed by atoms with Crippen molar-refractivity contribution in [2.75, 3.05) is 0 Å². The molecule has 0 aliphatic heterocycles. The minimum absolute atomic E-state index is 0.198. The number of carbonyl (C=O) groups is 2. The maximum atomic E-state index is 9.71. The normalized spacial score (nSPS) is 8.93. The van der Waals surface area contributed by atoms with E-state index in [-0.39, 0.29) is 6.42 Å². The molecule has 0 aliphatic carbocycles. The summed E-state index contributed by atoms with van der Waals surface area (Å²) in [7, 11) is 0. The average molecular weight is 200 g/mol. The van der Waals surface area contributed by atoms with Gasteiger partial charge in [0.2, 0.25) is 0 Å². The van der Waals surface area contributed by atoms with E-state index in [0.717, 1.165) is 12.5 Å². The van der Waals surface area contributed by atoms with Gasteiger partial charge in [-0.25, -0.2) is 4.79 Å². The molecule has 14 heavy (non-hydrogen) atoms. The van der Waals surface area contributed by atoms with Crippen molar-refractivity contribution < 1.29 is 19.8 Å². The summed E-state index contributed by atoms with van der Waals surface area (Å²) in [6, 6.07) is 0. The molecule has 0 unspecified atom stereocenters. The monoisotopic (exact) mass is 200 g/mol. The predicted octanol–water partition coefficient (Wildman–Crippen LogP) is 2.07. The van der Waals surface area contributed by atoms with E-state index in [1.54, 1.807) is 12.2 Å². The van der Waals surface area contributed by atoms with Crippen molar-refractivity contribution in [3.05, 3.63) is 24.8 Å². The summed E-state index contributed by atoms with van der Waals surface area (Å²) >= 11 is 0. The van der Waals surface area contributed by atoms with E-state index in [1.165, 1.54) is 0 Å². The molecule has 2 N–H and O–H groups in total. The number of aliphatic carboxylic acids is 2. The number of carboxylic acid groups (broad SMARTS) is 2. The Balaban J connectivity index is 0. The SMILES string of the molecule is C=CCCC(=O)O.CCC=CC(=O)O. The van der Waals surface area contributed by atoms with Gasteiger partial charge >= 0.3 is 11.9 Å². The van der Waals surface area contributed by atoms with E-state index in [1.807, 2.05) is 6.92 Å². The lowest BCUT2D eigenvalue weighted by molar-refractivity contribution is -0.137. The first-order chi connectivity index (χ1) is 6.54. The van der Waals surface area contributed by atoms with E-state index >= 15 is 0 Å². The van der Waals surface area contributed by atoms with Gasteiger partial charge in [0.05, 0.1) is 0 Å². The molecule has 4 heteroatoms.